The van der Waals surface area contributed by atoms with Crippen LogP contribution >= 0.6 is 11.3 Å². The van der Waals surface area contributed by atoms with Gasteiger partial charge in [-0.3, -0.25) is 4.79 Å². The van der Waals surface area contributed by atoms with E-state index in [0.717, 1.165) is 15.2 Å². The minimum Gasteiger partial charge on any atom is -0.311 e. The van der Waals surface area contributed by atoms with Crippen molar-refractivity contribution in [3.63, 3.8) is 0 Å². The molecular weight excluding hydrogens is 256 g/mol. The number of H-pyrrole nitrogens is 1. The Hall–Kier alpha value is -2.33. The second-order valence-electron chi connectivity index (χ2n) is 4.41. The van der Waals surface area contributed by atoms with Gasteiger partial charge in [0, 0.05) is 11.1 Å². The summed E-state index contributed by atoms with van der Waals surface area (Å²) in [6, 6.07) is 16.1. The molecule has 3 heterocycles. The summed E-state index contributed by atoms with van der Waals surface area (Å²) in [4.78, 5) is 17.0. The average molecular weight is 266 g/mol. The Morgan fingerprint density at radius 2 is 1.84 bits per heavy atom. The SMILES string of the molecule is O=c1[nH]c2sc(-c3ccccc3)cc2n2cccc12. The first-order valence-electron chi connectivity index (χ1n) is 6.01. The van der Waals surface area contributed by atoms with Gasteiger partial charge in [-0.25, -0.2) is 0 Å². The van der Waals surface area contributed by atoms with Crippen LogP contribution in [0.3, 0.4) is 0 Å². The van der Waals surface area contributed by atoms with Gasteiger partial charge in [-0.15, -0.1) is 11.3 Å². The van der Waals surface area contributed by atoms with Crippen LogP contribution in [0.1, 0.15) is 0 Å². The summed E-state index contributed by atoms with van der Waals surface area (Å²) in [5, 5.41) is 0. The molecule has 4 aromatic rings. The van der Waals surface area contributed by atoms with Crippen molar-refractivity contribution < 1.29 is 0 Å². The third kappa shape index (κ3) is 1.54. The number of aromatic amines is 1. The smallest absolute Gasteiger partial charge is 0.273 e. The first kappa shape index (κ1) is 10.6. The highest BCUT2D eigenvalue weighted by molar-refractivity contribution is 7.21. The monoisotopic (exact) mass is 266 g/mol. The van der Waals surface area contributed by atoms with Gasteiger partial charge in [-0.05, 0) is 23.8 Å². The van der Waals surface area contributed by atoms with Gasteiger partial charge in [0.15, 0.2) is 0 Å². The van der Waals surface area contributed by atoms with Crippen molar-refractivity contribution in [2.24, 2.45) is 0 Å². The molecule has 0 atom stereocenters. The van der Waals surface area contributed by atoms with Gasteiger partial charge in [-0.2, -0.15) is 0 Å². The highest BCUT2D eigenvalue weighted by Gasteiger charge is 2.09. The van der Waals surface area contributed by atoms with Gasteiger partial charge >= 0.3 is 0 Å². The number of rotatable bonds is 1. The Labute approximate surface area is 112 Å². The Balaban J connectivity index is 2.09. The van der Waals surface area contributed by atoms with Gasteiger partial charge in [0.25, 0.3) is 5.56 Å². The summed E-state index contributed by atoms with van der Waals surface area (Å²) in [6.07, 6.45) is 1.92. The maximum Gasteiger partial charge on any atom is 0.273 e. The summed E-state index contributed by atoms with van der Waals surface area (Å²) in [6.45, 7) is 0. The lowest BCUT2D eigenvalue weighted by Crippen LogP contribution is -2.07. The van der Waals surface area contributed by atoms with Crippen LogP contribution in [-0.2, 0) is 0 Å². The third-order valence-electron chi connectivity index (χ3n) is 3.24. The topological polar surface area (TPSA) is 37.3 Å². The van der Waals surface area contributed by atoms with Gasteiger partial charge in [0.05, 0.1) is 5.52 Å². The Morgan fingerprint density at radius 3 is 2.68 bits per heavy atom. The van der Waals surface area contributed by atoms with Crippen LogP contribution in [-0.4, -0.2) is 9.38 Å². The number of nitrogens with zero attached hydrogens (tertiary/aromatic N) is 1. The number of hydrogen-bond acceptors (Lipinski definition) is 2. The lowest BCUT2D eigenvalue weighted by molar-refractivity contribution is 1.20. The van der Waals surface area contributed by atoms with E-state index in [1.54, 1.807) is 11.3 Å². The van der Waals surface area contributed by atoms with E-state index in [0.29, 0.717) is 5.52 Å². The van der Waals surface area contributed by atoms with E-state index in [1.165, 1.54) is 5.56 Å². The second kappa shape index (κ2) is 3.83. The van der Waals surface area contributed by atoms with Gasteiger partial charge in [0.1, 0.15) is 10.3 Å². The van der Waals surface area contributed by atoms with Crippen LogP contribution in [0.4, 0.5) is 0 Å². The zero-order valence-corrected chi connectivity index (χ0v) is 10.8. The molecule has 0 fully saturated rings. The van der Waals surface area contributed by atoms with E-state index in [9.17, 15) is 4.79 Å². The summed E-state index contributed by atoms with van der Waals surface area (Å²) in [5.41, 5.74) is 2.86. The van der Waals surface area contributed by atoms with E-state index in [2.05, 4.69) is 23.2 Å². The van der Waals surface area contributed by atoms with Gasteiger partial charge < -0.3 is 9.38 Å². The average Bonchev–Trinajstić information content (AvgIpc) is 3.05. The molecule has 0 aliphatic carbocycles. The number of hydrogen-bond donors (Lipinski definition) is 1. The summed E-state index contributed by atoms with van der Waals surface area (Å²) >= 11 is 1.61. The van der Waals surface area contributed by atoms with E-state index in [4.69, 9.17) is 0 Å². The second-order valence-corrected chi connectivity index (χ2v) is 5.46. The number of thiophene rings is 1. The number of fused-ring (bicyclic) bond motifs is 3. The van der Waals surface area contributed by atoms with Gasteiger partial charge in [0.2, 0.25) is 0 Å². The fraction of sp³-hybridized carbons (Fsp3) is 0. The van der Waals surface area contributed by atoms with Crippen molar-refractivity contribution in [2.45, 2.75) is 0 Å². The number of aromatic nitrogens is 2. The molecule has 92 valence electrons. The molecule has 0 amide bonds. The quantitative estimate of drug-likeness (QED) is 0.562. The molecule has 0 saturated heterocycles. The van der Waals surface area contributed by atoms with Crippen molar-refractivity contribution >= 4 is 27.2 Å². The minimum atomic E-state index is -0.0426. The maximum absolute atomic E-state index is 11.9. The molecule has 19 heavy (non-hydrogen) atoms. The predicted octanol–water partition coefficient (Wildman–Crippen LogP) is 3.51. The molecule has 0 unspecified atom stereocenters. The molecule has 0 saturated carbocycles. The first-order valence-corrected chi connectivity index (χ1v) is 6.83. The van der Waals surface area contributed by atoms with E-state index >= 15 is 0 Å². The zero-order valence-electron chi connectivity index (χ0n) is 9.96. The molecule has 0 aliphatic heterocycles. The molecular formula is C15H10N2OS. The molecule has 0 radical (unpaired) electrons. The lowest BCUT2D eigenvalue weighted by atomic mass is 10.2. The largest absolute Gasteiger partial charge is 0.311 e. The Morgan fingerprint density at radius 1 is 1.00 bits per heavy atom. The first-order chi connectivity index (χ1) is 9.33. The molecule has 1 aromatic carbocycles. The van der Waals surface area contributed by atoms with Crippen molar-refractivity contribution in [3.8, 4) is 10.4 Å². The predicted molar refractivity (Wildman–Crippen MR) is 78.8 cm³/mol. The summed E-state index contributed by atoms with van der Waals surface area (Å²) in [5.74, 6) is 0. The Kier molecular flexibility index (Phi) is 2.13. The highest BCUT2D eigenvalue weighted by Crippen LogP contribution is 2.31. The zero-order chi connectivity index (χ0) is 12.8. The number of nitrogens with one attached hydrogen (secondary N) is 1. The normalized spacial score (nSPS) is 11.4. The van der Waals surface area contributed by atoms with Crippen LogP contribution in [0.5, 0.6) is 0 Å². The van der Waals surface area contributed by atoms with Crippen LogP contribution in [0, 0.1) is 0 Å². The van der Waals surface area contributed by atoms with Crippen molar-refractivity contribution in [1.29, 1.82) is 0 Å². The lowest BCUT2D eigenvalue weighted by Gasteiger charge is -1.95. The van der Waals surface area contributed by atoms with Crippen molar-refractivity contribution in [3.05, 3.63) is 65.1 Å². The highest BCUT2D eigenvalue weighted by atomic mass is 32.1. The molecule has 0 spiro atoms. The molecule has 4 heteroatoms. The van der Waals surface area contributed by atoms with Crippen molar-refractivity contribution in [2.75, 3.05) is 0 Å². The Bertz CT molecular complexity index is 931. The van der Waals surface area contributed by atoms with Crippen LogP contribution in [0.2, 0.25) is 0 Å². The van der Waals surface area contributed by atoms with E-state index in [-0.39, 0.29) is 5.56 Å². The fourth-order valence-electron chi connectivity index (χ4n) is 2.34. The molecule has 3 nitrogen and oxygen atoms in total. The fourth-order valence-corrected chi connectivity index (χ4v) is 3.39. The summed E-state index contributed by atoms with van der Waals surface area (Å²) < 4.78 is 1.94. The maximum atomic E-state index is 11.9. The number of benzene rings is 1. The summed E-state index contributed by atoms with van der Waals surface area (Å²) in [7, 11) is 0. The van der Waals surface area contributed by atoms with Crippen molar-refractivity contribution in [1.82, 2.24) is 9.38 Å². The molecule has 4 rings (SSSR count). The van der Waals surface area contributed by atoms with Crippen LogP contribution in [0.15, 0.2) is 59.5 Å². The standard InChI is InChI=1S/C15H10N2OS/c18-14-11-7-4-8-17(11)12-9-13(19-15(12)16-14)10-5-2-1-3-6-10/h1-9H,(H,16,18). The van der Waals surface area contributed by atoms with Crippen LogP contribution in [0.25, 0.3) is 26.3 Å². The van der Waals surface area contributed by atoms with E-state index < -0.39 is 0 Å². The third-order valence-corrected chi connectivity index (χ3v) is 4.33. The molecule has 0 bridgehead atoms. The minimum absolute atomic E-state index is 0.0426. The van der Waals surface area contributed by atoms with Gasteiger partial charge in [-0.1, -0.05) is 30.3 Å². The van der Waals surface area contributed by atoms with Crippen LogP contribution < -0.4 is 5.56 Å². The van der Waals surface area contributed by atoms with E-state index in [1.807, 2.05) is 40.9 Å². The molecule has 0 aliphatic rings. The molecule has 3 aromatic heterocycles. The molecule has 1 N–H and O–H groups in total.